The summed E-state index contributed by atoms with van der Waals surface area (Å²) in [5.41, 5.74) is -3.72. The molecule has 1 aromatic carbocycles. The Balaban J connectivity index is 2.92. The lowest BCUT2D eigenvalue weighted by atomic mass is 10.1. The Morgan fingerprint density at radius 1 is 1.39 bits per heavy atom. The van der Waals surface area contributed by atoms with Crippen molar-refractivity contribution >= 4 is 34.0 Å². The molecule has 0 radical (unpaired) electrons. The van der Waals surface area contributed by atoms with E-state index in [1.165, 1.54) is 18.2 Å². The number of hydrogen-bond acceptors (Lipinski definition) is 4. The summed E-state index contributed by atoms with van der Waals surface area (Å²) < 4.78 is 49.6. The molecule has 130 valence electrons. The Hall–Kier alpha value is -1.16. The van der Waals surface area contributed by atoms with Crippen molar-refractivity contribution in [2.24, 2.45) is 0 Å². The maximum Gasteiger partial charge on any atom is 0.426 e. The predicted molar refractivity (Wildman–Crippen MR) is 79.7 cm³/mol. The van der Waals surface area contributed by atoms with Gasteiger partial charge in [-0.25, -0.2) is 0 Å². The summed E-state index contributed by atoms with van der Waals surface area (Å²) in [6.45, 7) is 0.203. The van der Waals surface area contributed by atoms with Crippen molar-refractivity contribution in [3.8, 4) is 0 Å². The number of benzene rings is 1. The van der Waals surface area contributed by atoms with Crippen molar-refractivity contribution in [1.82, 2.24) is 0 Å². The number of anilines is 1. The number of carbonyl (C=O) groups excluding carboxylic acids is 1. The zero-order valence-electron chi connectivity index (χ0n) is 12.0. The van der Waals surface area contributed by atoms with E-state index in [0.717, 1.165) is 0 Å². The van der Waals surface area contributed by atoms with Crippen LogP contribution in [0.1, 0.15) is 13.3 Å². The molecule has 0 saturated carbocycles. The molecule has 1 aromatic rings. The van der Waals surface area contributed by atoms with Gasteiger partial charge in [0.05, 0.1) is 21.5 Å². The van der Waals surface area contributed by atoms with Crippen LogP contribution in [-0.4, -0.2) is 44.5 Å². The van der Waals surface area contributed by atoms with Crippen molar-refractivity contribution in [3.05, 3.63) is 23.2 Å². The number of amides is 1. The van der Waals surface area contributed by atoms with E-state index < -0.39 is 28.5 Å². The van der Waals surface area contributed by atoms with E-state index in [4.69, 9.17) is 16.7 Å². The molecule has 0 saturated heterocycles. The lowest BCUT2D eigenvalue weighted by molar-refractivity contribution is -0.242. The molecule has 0 fully saturated rings. The second-order valence-electron chi connectivity index (χ2n) is 4.79. The van der Waals surface area contributed by atoms with Crippen LogP contribution in [0.5, 0.6) is 0 Å². The van der Waals surface area contributed by atoms with E-state index >= 15 is 0 Å². The molecule has 0 aliphatic heterocycles. The number of halogens is 4. The normalized spacial score (nSPS) is 15.8. The average Bonchev–Trinajstić information content (AvgIpc) is 2.45. The van der Waals surface area contributed by atoms with Crippen molar-refractivity contribution in [3.63, 3.8) is 0 Å². The zero-order valence-corrected chi connectivity index (χ0v) is 13.6. The summed E-state index contributed by atoms with van der Waals surface area (Å²) in [6, 6.07) is 3.77. The molecular weight excluding hydrogens is 359 g/mol. The summed E-state index contributed by atoms with van der Waals surface area (Å²) in [5.74, 6) is -1.48. The Labute approximate surface area is 137 Å². The fourth-order valence-corrected chi connectivity index (χ4v) is 2.81. The predicted octanol–water partition coefficient (Wildman–Crippen LogP) is 2.08. The first-order valence-electron chi connectivity index (χ1n) is 6.40. The molecule has 0 aliphatic carbocycles. The van der Waals surface area contributed by atoms with Crippen LogP contribution in [0.25, 0.3) is 0 Å². The van der Waals surface area contributed by atoms with Gasteiger partial charge in [0, 0.05) is 17.3 Å². The first-order valence-corrected chi connectivity index (χ1v) is 8.09. The van der Waals surface area contributed by atoms with Crippen LogP contribution in [0, 0.1) is 0 Å². The number of aliphatic hydroxyl groups is 2. The molecule has 1 rings (SSSR count). The van der Waals surface area contributed by atoms with Gasteiger partial charge < -0.3 is 15.5 Å². The minimum atomic E-state index is -5.14. The number of aliphatic hydroxyl groups excluding tert-OH is 1. The Morgan fingerprint density at radius 3 is 2.48 bits per heavy atom. The highest BCUT2D eigenvalue weighted by Gasteiger charge is 2.55. The summed E-state index contributed by atoms with van der Waals surface area (Å²) in [7, 11) is -1.43. The van der Waals surface area contributed by atoms with Crippen LogP contribution in [0.3, 0.4) is 0 Å². The van der Waals surface area contributed by atoms with Gasteiger partial charge in [-0.2, -0.15) is 13.2 Å². The highest BCUT2D eigenvalue weighted by molar-refractivity contribution is 7.85. The largest absolute Gasteiger partial charge is 0.426 e. The monoisotopic (exact) mass is 373 g/mol. The van der Waals surface area contributed by atoms with E-state index in [0.29, 0.717) is 18.2 Å². The van der Waals surface area contributed by atoms with Crippen LogP contribution in [0.2, 0.25) is 5.02 Å². The highest BCUT2D eigenvalue weighted by atomic mass is 35.5. The van der Waals surface area contributed by atoms with E-state index in [1.807, 2.05) is 5.32 Å². The topological polar surface area (TPSA) is 86.6 Å². The quantitative estimate of drug-likeness (QED) is 0.712. The van der Waals surface area contributed by atoms with Gasteiger partial charge in [0.1, 0.15) is 0 Å². The number of nitrogens with one attached hydrogen (secondary N) is 1. The van der Waals surface area contributed by atoms with Crippen LogP contribution in [0.4, 0.5) is 18.9 Å². The van der Waals surface area contributed by atoms with Crippen LogP contribution < -0.4 is 5.32 Å². The molecule has 0 heterocycles. The van der Waals surface area contributed by atoms with Crippen molar-refractivity contribution in [2.75, 3.05) is 17.7 Å². The molecule has 0 spiro atoms. The smallest absolute Gasteiger partial charge is 0.396 e. The van der Waals surface area contributed by atoms with Gasteiger partial charge in [-0.05, 0) is 31.5 Å². The molecule has 1 amide bonds. The lowest BCUT2D eigenvalue weighted by Gasteiger charge is -2.25. The van der Waals surface area contributed by atoms with Crippen LogP contribution in [0.15, 0.2) is 23.1 Å². The minimum Gasteiger partial charge on any atom is -0.396 e. The van der Waals surface area contributed by atoms with Gasteiger partial charge in [0.2, 0.25) is 5.60 Å². The third kappa shape index (κ3) is 4.90. The third-order valence-electron chi connectivity index (χ3n) is 2.93. The van der Waals surface area contributed by atoms with Gasteiger partial charge in [-0.15, -0.1) is 0 Å². The molecular formula is C13H15ClF3NO4S. The average molecular weight is 374 g/mol. The maximum atomic E-state index is 12.6. The molecule has 0 aromatic heterocycles. The molecule has 0 aliphatic rings. The fraction of sp³-hybridized carbons (Fsp3) is 0.462. The van der Waals surface area contributed by atoms with E-state index in [9.17, 15) is 27.3 Å². The first kappa shape index (κ1) is 19.9. The molecule has 3 N–H and O–H groups in total. The maximum absolute atomic E-state index is 12.6. The molecule has 2 atom stereocenters. The highest BCUT2D eigenvalue weighted by Crippen LogP contribution is 2.32. The molecule has 10 heteroatoms. The second-order valence-corrected chi connectivity index (χ2v) is 6.77. The molecule has 0 bridgehead atoms. The minimum absolute atomic E-state index is 0.119. The van der Waals surface area contributed by atoms with Gasteiger partial charge >= 0.3 is 6.18 Å². The first-order chi connectivity index (χ1) is 10.5. The SMILES string of the molecule is C[C@@](O)(C(=O)Nc1ccc(S(=O)CCCO)cc1Cl)C(F)(F)F. The van der Waals surface area contributed by atoms with Crippen molar-refractivity contribution < 1.29 is 32.4 Å². The number of alkyl halides is 3. The van der Waals surface area contributed by atoms with Gasteiger partial charge in [-0.3, -0.25) is 9.00 Å². The Bertz CT molecular complexity index is 607. The number of carbonyl (C=O) groups is 1. The van der Waals surface area contributed by atoms with Crippen LogP contribution >= 0.6 is 11.6 Å². The Kier molecular flexibility index (Phi) is 6.58. The van der Waals surface area contributed by atoms with Gasteiger partial charge in [-0.1, -0.05) is 11.6 Å². The zero-order chi connectivity index (χ0) is 17.8. The standard InChI is InChI=1S/C13H15ClF3NO4S/c1-12(21,13(15,16)17)11(20)18-10-4-3-8(7-9(10)14)23(22)6-2-5-19/h3-4,7,19,21H,2,5-6H2,1H3,(H,18,20)/t12-,23?/m1/s1. The van der Waals surface area contributed by atoms with Gasteiger partial charge in [0.25, 0.3) is 5.91 Å². The summed E-state index contributed by atoms with van der Waals surface area (Å²) in [4.78, 5) is 11.9. The summed E-state index contributed by atoms with van der Waals surface area (Å²) >= 11 is 5.85. The lowest BCUT2D eigenvalue weighted by Crippen LogP contribution is -2.52. The third-order valence-corrected chi connectivity index (χ3v) is 4.69. The van der Waals surface area contributed by atoms with Gasteiger partial charge in [0.15, 0.2) is 0 Å². The summed E-state index contributed by atoms with van der Waals surface area (Å²) in [6.07, 6.45) is -4.83. The van der Waals surface area contributed by atoms with Crippen molar-refractivity contribution in [2.45, 2.75) is 30.0 Å². The molecule has 5 nitrogen and oxygen atoms in total. The van der Waals surface area contributed by atoms with Crippen LogP contribution in [-0.2, 0) is 15.6 Å². The van der Waals surface area contributed by atoms with E-state index in [-0.39, 0.29) is 23.1 Å². The Morgan fingerprint density at radius 2 is 2.00 bits per heavy atom. The number of rotatable bonds is 6. The van der Waals surface area contributed by atoms with E-state index in [1.54, 1.807) is 0 Å². The molecule has 23 heavy (non-hydrogen) atoms. The summed E-state index contributed by atoms with van der Waals surface area (Å²) in [5, 5.41) is 19.7. The number of hydrogen-bond donors (Lipinski definition) is 3. The fourth-order valence-electron chi connectivity index (χ4n) is 1.43. The van der Waals surface area contributed by atoms with E-state index in [2.05, 4.69) is 0 Å². The molecule has 1 unspecified atom stereocenters. The van der Waals surface area contributed by atoms with Crippen molar-refractivity contribution in [1.29, 1.82) is 0 Å². The second kappa shape index (κ2) is 7.61.